The molecule has 4 aromatic rings. The second-order valence-electron chi connectivity index (χ2n) is 7.33. The van der Waals surface area contributed by atoms with Crippen LogP contribution in [0.15, 0.2) is 78.9 Å². The number of para-hydroxylation sites is 1. The van der Waals surface area contributed by atoms with Crippen molar-refractivity contribution in [1.82, 2.24) is 4.98 Å². The van der Waals surface area contributed by atoms with Crippen LogP contribution in [0.4, 0.5) is 23.2 Å². The van der Waals surface area contributed by atoms with Crippen LogP contribution in [0.25, 0.3) is 10.9 Å². The minimum absolute atomic E-state index is 0.133. The second-order valence-corrected chi connectivity index (χ2v) is 7.33. The van der Waals surface area contributed by atoms with Gasteiger partial charge in [0, 0.05) is 22.3 Å². The van der Waals surface area contributed by atoms with Gasteiger partial charge >= 0.3 is 12.1 Å². The van der Waals surface area contributed by atoms with Crippen LogP contribution in [0, 0.1) is 12.7 Å². The lowest BCUT2D eigenvalue weighted by Crippen LogP contribution is -2.21. The molecule has 1 unspecified atom stereocenters. The van der Waals surface area contributed by atoms with E-state index in [4.69, 9.17) is 9.90 Å². The van der Waals surface area contributed by atoms with E-state index in [9.17, 15) is 22.7 Å². The number of aromatic hydroxyl groups is 1. The summed E-state index contributed by atoms with van der Waals surface area (Å²) in [4.78, 5) is 13.4. The number of phenolic OH excluding ortho intramolecular Hbond substituents is 1. The van der Waals surface area contributed by atoms with E-state index in [1.807, 2.05) is 61.5 Å². The van der Waals surface area contributed by atoms with E-state index in [1.54, 1.807) is 12.1 Å². The Kier molecular flexibility index (Phi) is 7.35. The van der Waals surface area contributed by atoms with Gasteiger partial charge in [-0.3, -0.25) is 0 Å². The fraction of sp³-hybridized carbons (Fsp3) is 0.120. The maximum Gasteiger partial charge on any atom is 0.490 e. The number of anilines is 1. The first kappa shape index (κ1) is 24.5. The van der Waals surface area contributed by atoms with Gasteiger partial charge in [-0.1, -0.05) is 48.5 Å². The number of alkyl halides is 3. The molecule has 0 aliphatic carbocycles. The molecule has 4 rings (SSSR count). The first-order valence-electron chi connectivity index (χ1n) is 10.0. The summed E-state index contributed by atoms with van der Waals surface area (Å²) in [7, 11) is 0. The normalized spacial score (nSPS) is 11.9. The first-order chi connectivity index (χ1) is 16.1. The zero-order valence-electron chi connectivity index (χ0n) is 17.8. The standard InChI is InChI=1S/C23H19FN2O.C2HF3O2/c1-15-7-8-17-11-14-20(23(27)22(17)25-15)21(16-9-12-18(24)13-10-16)26-19-5-3-2-4-6-19;3-2(4,5)1(6)7/h2-14,21,26-27H,1H3;(H,6,7). The number of aryl methyl sites for hydroxylation is 1. The monoisotopic (exact) mass is 472 g/mol. The van der Waals surface area contributed by atoms with Gasteiger partial charge in [0.05, 0.1) is 6.04 Å². The van der Waals surface area contributed by atoms with Gasteiger partial charge in [0.15, 0.2) is 0 Å². The number of hydrogen-bond acceptors (Lipinski definition) is 4. The smallest absolute Gasteiger partial charge is 0.490 e. The van der Waals surface area contributed by atoms with Crippen LogP contribution in [0.1, 0.15) is 22.9 Å². The highest BCUT2D eigenvalue weighted by molar-refractivity contribution is 5.86. The highest BCUT2D eigenvalue weighted by Crippen LogP contribution is 2.36. The molecule has 1 aromatic heterocycles. The van der Waals surface area contributed by atoms with Crippen molar-refractivity contribution in [2.24, 2.45) is 0 Å². The molecule has 9 heteroatoms. The summed E-state index contributed by atoms with van der Waals surface area (Å²) in [5, 5.41) is 22.4. The number of rotatable bonds is 4. The minimum atomic E-state index is -5.08. The summed E-state index contributed by atoms with van der Waals surface area (Å²) in [5.74, 6) is -2.92. The predicted molar refractivity (Wildman–Crippen MR) is 120 cm³/mol. The lowest BCUT2D eigenvalue weighted by Gasteiger charge is -2.22. The van der Waals surface area contributed by atoms with Crippen molar-refractivity contribution in [2.75, 3.05) is 5.32 Å². The Labute approximate surface area is 192 Å². The number of fused-ring (bicyclic) bond motifs is 1. The van der Waals surface area contributed by atoms with E-state index in [2.05, 4.69) is 10.3 Å². The Bertz CT molecular complexity index is 1280. The second kappa shape index (κ2) is 10.2. The van der Waals surface area contributed by atoms with Gasteiger partial charge in [0.2, 0.25) is 0 Å². The highest BCUT2D eigenvalue weighted by Gasteiger charge is 2.38. The van der Waals surface area contributed by atoms with Gasteiger partial charge in [0.25, 0.3) is 0 Å². The van der Waals surface area contributed by atoms with Crippen LogP contribution < -0.4 is 5.32 Å². The maximum absolute atomic E-state index is 13.4. The van der Waals surface area contributed by atoms with Crippen molar-refractivity contribution in [3.05, 3.63) is 102 Å². The maximum atomic E-state index is 13.4. The van der Waals surface area contributed by atoms with Crippen LogP contribution in [0.3, 0.4) is 0 Å². The average molecular weight is 472 g/mol. The quantitative estimate of drug-likeness (QED) is 0.307. The summed E-state index contributed by atoms with van der Waals surface area (Å²) in [6, 6.07) is 23.4. The Morgan fingerprint density at radius 3 is 2.12 bits per heavy atom. The molecule has 0 aliphatic heterocycles. The lowest BCUT2D eigenvalue weighted by molar-refractivity contribution is -0.192. The molecule has 0 saturated heterocycles. The van der Waals surface area contributed by atoms with Crippen molar-refractivity contribution in [3.63, 3.8) is 0 Å². The number of phenols is 1. The Hall–Kier alpha value is -4.14. The van der Waals surface area contributed by atoms with Crippen molar-refractivity contribution < 1.29 is 32.6 Å². The summed E-state index contributed by atoms with van der Waals surface area (Å²) >= 11 is 0. The Morgan fingerprint density at radius 2 is 1.53 bits per heavy atom. The number of nitrogens with one attached hydrogen (secondary N) is 1. The summed E-state index contributed by atoms with van der Waals surface area (Å²) in [6.07, 6.45) is -5.08. The van der Waals surface area contributed by atoms with Crippen LogP contribution in [0.2, 0.25) is 0 Å². The molecule has 0 amide bonds. The summed E-state index contributed by atoms with van der Waals surface area (Å²) in [5.41, 5.74) is 3.85. The number of halogens is 4. The van der Waals surface area contributed by atoms with Gasteiger partial charge in [-0.15, -0.1) is 0 Å². The molecule has 0 aliphatic rings. The minimum Gasteiger partial charge on any atom is -0.505 e. The Morgan fingerprint density at radius 1 is 0.941 bits per heavy atom. The number of benzene rings is 3. The third kappa shape index (κ3) is 6.00. The van der Waals surface area contributed by atoms with Gasteiger partial charge in [-0.05, 0) is 42.8 Å². The van der Waals surface area contributed by atoms with Crippen molar-refractivity contribution >= 4 is 22.6 Å². The SMILES string of the molecule is Cc1ccc2ccc(C(Nc3ccccc3)c3ccc(F)cc3)c(O)c2n1.O=C(O)C(F)(F)F. The molecule has 0 bridgehead atoms. The number of aliphatic carboxylic acids is 1. The largest absolute Gasteiger partial charge is 0.505 e. The van der Waals surface area contributed by atoms with Crippen molar-refractivity contribution in [2.45, 2.75) is 19.1 Å². The number of carbonyl (C=O) groups is 1. The molecule has 0 saturated carbocycles. The molecule has 1 atom stereocenters. The third-order valence-corrected chi connectivity index (χ3v) is 4.85. The Balaban J connectivity index is 0.000000406. The first-order valence-corrected chi connectivity index (χ1v) is 10.0. The predicted octanol–water partition coefficient (Wildman–Crippen LogP) is 6.22. The fourth-order valence-corrected chi connectivity index (χ4v) is 3.22. The molecule has 0 fully saturated rings. The molecule has 0 spiro atoms. The van der Waals surface area contributed by atoms with Gasteiger partial charge in [-0.2, -0.15) is 13.2 Å². The van der Waals surface area contributed by atoms with Crippen molar-refractivity contribution in [3.8, 4) is 5.75 Å². The van der Waals surface area contributed by atoms with Gasteiger partial charge in [-0.25, -0.2) is 14.2 Å². The molecular formula is C25H20F4N2O3. The molecule has 34 heavy (non-hydrogen) atoms. The van der Waals surface area contributed by atoms with Crippen molar-refractivity contribution in [1.29, 1.82) is 0 Å². The topological polar surface area (TPSA) is 82.5 Å². The molecule has 3 N–H and O–H groups in total. The van der Waals surface area contributed by atoms with E-state index >= 15 is 0 Å². The van der Waals surface area contributed by atoms with Crippen LogP contribution >= 0.6 is 0 Å². The third-order valence-electron chi connectivity index (χ3n) is 4.85. The average Bonchev–Trinajstić information content (AvgIpc) is 2.80. The van der Waals surface area contributed by atoms with E-state index in [1.165, 1.54) is 12.1 Å². The zero-order chi connectivity index (χ0) is 24.9. The van der Waals surface area contributed by atoms with E-state index in [0.717, 1.165) is 22.3 Å². The molecule has 3 aromatic carbocycles. The summed E-state index contributed by atoms with van der Waals surface area (Å²) < 4.78 is 45.2. The van der Waals surface area contributed by atoms with E-state index < -0.39 is 12.1 Å². The number of aromatic nitrogens is 1. The molecule has 0 radical (unpaired) electrons. The number of carboxylic acid groups (broad SMARTS) is 1. The van der Waals surface area contributed by atoms with Gasteiger partial charge < -0.3 is 15.5 Å². The highest BCUT2D eigenvalue weighted by atomic mass is 19.4. The number of carboxylic acids is 1. The number of hydrogen-bond donors (Lipinski definition) is 3. The molecule has 1 heterocycles. The number of pyridine rings is 1. The van der Waals surface area contributed by atoms with Gasteiger partial charge in [0.1, 0.15) is 17.1 Å². The van der Waals surface area contributed by atoms with E-state index in [0.29, 0.717) is 11.1 Å². The molecule has 5 nitrogen and oxygen atoms in total. The molecule has 176 valence electrons. The number of nitrogens with zero attached hydrogens (tertiary/aromatic N) is 1. The molecular weight excluding hydrogens is 452 g/mol. The lowest BCUT2D eigenvalue weighted by atomic mass is 9.96. The fourth-order valence-electron chi connectivity index (χ4n) is 3.22. The van der Waals surface area contributed by atoms with Crippen LogP contribution in [-0.2, 0) is 4.79 Å². The zero-order valence-corrected chi connectivity index (χ0v) is 17.8. The van der Waals surface area contributed by atoms with Crippen LogP contribution in [0.5, 0.6) is 5.75 Å². The van der Waals surface area contributed by atoms with E-state index in [-0.39, 0.29) is 17.6 Å². The summed E-state index contributed by atoms with van der Waals surface area (Å²) in [6.45, 7) is 1.89. The van der Waals surface area contributed by atoms with Crippen LogP contribution in [-0.4, -0.2) is 27.3 Å².